The first-order valence-electron chi connectivity index (χ1n) is 8.69. The summed E-state index contributed by atoms with van der Waals surface area (Å²) in [4.78, 5) is 2.85. The lowest BCUT2D eigenvalue weighted by molar-refractivity contribution is -0.0188. The van der Waals surface area contributed by atoms with E-state index in [1.54, 1.807) is 0 Å². The Balaban J connectivity index is 2.16. The number of piperazine rings is 1. The van der Waals surface area contributed by atoms with Gasteiger partial charge in [0.15, 0.2) is 0 Å². The Morgan fingerprint density at radius 2 is 1.70 bits per heavy atom. The van der Waals surface area contributed by atoms with Gasteiger partial charge in [0, 0.05) is 30.2 Å². The molecule has 0 radical (unpaired) electrons. The van der Waals surface area contributed by atoms with E-state index in [0.29, 0.717) is 22.5 Å². The molecule has 1 spiro atoms. The van der Waals surface area contributed by atoms with Crippen molar-refractivity contribution in [3.05, 3.63) is 0 Å². The first-order valence-corrected chi connectivity index (χ1v) is 8.69. The SMILES string of the molecule is CCC1CNC2(CCCC2)CN1C(C)(C)CC(C)(C)C. The molecule has 20 heavy (non-hydrogen) atoms. The van der Waals surface area contributed by atoms with E-state index in [9.17, 15) is 0 Å². The standard InChI is InChI=1S/C18H36N2/c1-7-15-12-19-18(10-8-9-11-18)14-20(15)17(5,6)13-16(2,3)4/h15,19H,7-14H2,1-6H3. The molecule has 1 unspecified atom stereocenters. The van der Waals surface area contributed by atoms with Crippen LogP contribution in [0.4, 0.5) is 0 Å². The van der Waals surface area contributed by atoms with Crippen molar-refractivity contribution in [2.75, 3.05) is 13.1 Å². The molecule has 2 nitrogen and oxygen atoms in total. The van der Waals surface area contributed by atoms with Crippen molar-refractivity contribution in [3.63, 3.8) is 0 Å². The van der Waals surface area contributed by atoms with Crippen LogP contribution in [0.5, 0.6) is 0 Å². The van der Waals surface area contributed by atoms with Crippen molar-refractivity contribution in [2.24, 2.45) is 5.41 Å². The molecule has 0 aromatic rings. The summed E-state index contributed by atoms with van der Waals surface area (Å²) in [5, 5.41) is 3.92. The average Bonchev–Trinajstić information content (AvgIpc) is 2.74. The van der Waals surface area contributed by atoms with Crippen LogP contribution in [0.3, 0.4) is 0 Å². The zero-order valence-electron chi connectivity index (χ0n) is 14.7. The van der Waals surface area contributed by atoms with Gasteiger partial charge in [-0.2, -0.15) is 0 Å². The monoisotopic (exact) mass is 280 g/mol. The molecule has 2 heteroatoms. The van der Waals surface area contributed by atoms with Crippen molar-refractivity contribution in [3.8, 4) is 0 Å². The zero-order chi connectivity index (χ0) is 15.0. The lowest BCUT2D eigenvalue weighted by Crippen LogP contribution is -2.67. The highest BCUT2D eigenvalue weighted by Crippen LogP contribution is 2.39. The molecule has 0 aromatic heterocycles. The fourth-order valence-corrected chi connectivity index (χ4v) is 4.81. The quantitative estimate of drug-likeness (QED) is 0.833. The molecule has 0 bridgehead atoms. The fraction of sp³-hybridized carbons (Fsp3) is 1.00. The van der Waals surface area contributed by atoms with Crippen LogP contribution in [-0.2, 0) is 0 Å². The highest BCUT2D eigenvalue weighted by Gasteiger charge is 2.45. The molecular weight excluding hydrogens is 244 g/mol. The summed E-state index contributed by atoms with van der Waals surface area (Å²) in [7, 11) is 0. The first kappa shape index (κ1) is 16.3. The van der Waals surface area contributed by atoms with Crippen LogP contribution in [0.15, 0.2) is 0 Å². The highest BCUT2D eigenvalue weighted by atomic mass is 15.3. The molecule has 1 aliphatic heterocycles. The first-order chi connectivity index (χ1) is 9.18. The Hall–Kier alpha value is -0.0800. The van der Waals surface area contributed by atoms with Gasteiger partial charge in [-0.15, -0.1) is 0 Å². The summed E-state index contributed by atoms with van der Waals surface area (Å²) in [5.74, 6) is 0. The maximum absolute atomic E-state index is 3.92. The van der Waals surface area contributed by atoms with E-state index in [4.69, 9.17) is 0 Å². The van der Waals surface area contributed by atoms with Gasteiger partial charge < -0.3 is 5.32 Å². The van der Waals surface area contributed by atoms with Gasteiger partial charge in [-0.3, -0.25) is 4.90 Å². The second-order valence-corrected chi connectivity index (χ2v) is 9.11. The van der Waals surface area contributed by atoms with Crippen molar-refractivity contribution in [1.29, 1.82) is 0 Å². The summed E-state index contributed by atoms with van der Waals surface area (Å²) >= 11 is 0. The third-order valence-corrected chi connectivity index (χ3v) is 5.40. The molecule has 2 rings (SSSR count). The Morgan fingerprint density at radius 3 is 2.20 bits per heavy atom. The predicted molar refractivity (Wildman–Crippen MR) is 88.1 cm³/mol. The van der Waals surface area contributed by atoms with Crippen molar-refractivity contribution in [2.45, 2.75) is 97.2 Å². The van der Waals surface area contributed by atoms with E-state index in [1.807, 2.05) is 0 Å². The van der Waals surface area contributed by atoms with Crippen LogP contribution in [-0.4, -0.2) is 35.1 Å². The Labute approximate surface area is 126 Å². The van der Waals surface area contributed by atoms with Crippen LogP contribution in [0, 0.1) is 5.41 Å². The van der Waals surface area contributed by atoms with E-state index < -0.39 is 0 Å². The lowest BCUT2D eigenvalue weighted by atomic mass is 9.78. The van der Waals surface area contributed by atoms with Gasteiger partial charge in [0.2, 0.25) is 0 Å². The molecule has 0 amide bonds. The number of hydrogen-bond donors (Lipinski definition) is 1. The summed E-state index contributed by atoms with van der Waals surface area (Å²) in [6.07, 6.45) is 8.12. The molecule has 1 aliphatic carbocycles. The largest absolute Gasteiger partial charge is 0.308 e. The third-order valence-electron chi connectivity index (χ3n) is 5.40. The minimum Gasteiger partial charge on any atom is -0.308 e. The van der Waals surface area contributed by atoms with Gasteiger partial charge >= 0.3 is 0 Å². The predicted octanol–water partition coefficient (Wildman–Crippen LogP) is 4.20. The van der Waals surface area contributed by atoms with E-state index >= 15 is 0 Å². The average molecular weight is 280 g/mol. The molecule has 118 valence electrons. The topological polar surface area (TPSA) is 15.3 Å². The van der Waals surface area contributed by atoms with Gasteiger partial charge in [-0.25, -0.2) is 0 Å². The van der Waals surface area contributed by atoms with Crippen molar-refractivity contribution < 1.29 is 0 Å². The maximum Gasteiger partial charge on any atom is 0.0309 e. The maximum atomic E-state index is 3.92. The van der Waals surface area contributed by atoms with Gasteiger partial charge in [-0.1, -0.05) is 40.5 Å². The van der Waals surface area contributed by atoms with Crippen LogP contribution in [0.2, 0.25) is 0 Å². The van der Waals surface area contributed by atoms with E-state index in [2.05, 4.69) is 51.8 Å². The van der Waals surface area contributed by atoms with Crippen molar-refractivity contribution in [1.82, 2.24) is 10.2 Å². The molecule has 1 heterocycles. The summed E-state index contributed by atoms with van der Waals surface area (Å²) in [5.41, 5.74) is 1.13. The molecular formula is C18H36N2. The minimum absolute atomic E-state index is 0.302. The molecule has 2 aliphatic rings. The van der Waals surface area contributed by atoms with Gasteiger partial charge in [0.25, 0.3) is 0 Å². The zero-order valence-corrected chi connectivity index (χ0v) is 14.7. The normalized spacial score (nSPS) is 28.2. The van der Waals surface area contributed by atoms with Crippen LogP contribution in [0.25, 0.3) is 0 Å². The lowest BCUT2D eigenvalue weighted by Gasteiger charge is -2.54. The number of nitrogens with zero attached hydrogens (tertiary/aromatic N) is 1. The summed E-state index contributed by atoms with van der Waals surface area (Å²) in [6.45, 7) is 16.9. The molecule has 0 aromatic carbocycles. The number of nitrogens with one attached hydrogen (secondary N) is 1. The smallest absolute Gasteiger partial charge is 0.0309 e. The van der Waals surface area contributed by atoms with Crippen LogP contribution < -0.4 is 5.32 Å². The number of hydrogen-bond acceptors (Lipinski definition) is 2. The van der Waals surface area contributed by atoms with Crippen LogP contribution in [0.1, 0.15) is 80.1 Å². The highest BCUT2D eigenvalue weighted by molar-refractivity contribution is 5.04. The Morgan fingerprint density at radius 1 is 1.10 bits per heavy atom. The second-order valence-electron chi connectivity index (χ2n) is 9.11. The van der Waals surface area contributed by atoms with Crippen molar-refractivity contribution >= 4 is 0 Å². The van der Waals surface area contributed by atoms with E-state index in [-0.39, 0.29) is 0 Å². The van der Waals surface area contributed by atoms with Gasteiger partial charge in [0.05, 0.1) is 0 Å². The Bertz CT molecular complexity index is 321. The molecule has 1 atom stereocenters. The van der Waals surface area contributed by atoms with Gasteiger partial charge in [-0.05, 0) is 44.9 Å². The second kappa shape index (κ2) is 5.61. The Kier molecular flexibility index (Phi) is 4.57. The molecule has 1 saturated heterocycles. The minimum atomic E-state index is 0.302. The van der Waals surface area contributed by atoms with Gasteiger partial charge in [0.1, 0.15) is 0 Å². The summed E-state index contributed by atoms with van der Waals surface area (Å²) < 4.78 is 0. The van der Waals surface area contributed by atoms with Crippen LogP contribution >= 0.6 is 0 Å². The van der Waals surface area contributed by atoms with E-state index in [0.717, 1.165) is 0 Å². The molecule has 1 saturated carbocycles. The molecule has 1 N–H and O–H groups in total. The van der Waals surface area contributed by atoms with E-state index in [1.165, 1.54) is 51.6 Å². The summed E-state index contributed by atoms with van der Waals surface area (Å²) in [6, 6.07) is 0.707. The third kappa shape index (κ3) is 3.57. The molecule has 2 fully saturated rings. The number of rotatable bonds is 3. The fourth-order valence-electron chi connectivity index (χ4n) is 4.81.